The number of carbonyl (C=O) groups excluding carboxylic acids is 2. The predicted octanol–water partition coefficient (Wildman–Crippen LogP) is 1.79. The second kappa shape index (κ2) is 6.91. The van der Waals surface area contributed by atoms with Crippen LogP contribution in [0.5, 0.6) is 5.75 Å². The van der Waals surface area contributed by atoms with Crippen molar-refractivity contribution in [2.75, 3.05) is 25.6 Å². The van der Waals surface area contributed by atoms with E-state index in [1.54, 1.807) is 12.0 Å². The van der Waals surface area contributed by atoms with Gasteiger partial charge in [0.15, 0.2) is 0 Å². The molecule has 3 fully saturated rings. The Labute approximate surface area is 154 Å². The highest BCUT2D eigenvalue weighted by Gasteiger charge is 2.41. The molecule has 3 aliphatic heterocycles. The maximum absolute atomic E-state index is 13.0. The highest BCUT2D eigenvalue weighted by atomic mass is 16.5. The van der Waals surface area contributed by atoms with Crippen LogP contribution in [0.4, 0.5) is 5.69 Å². The molecule has 1 aromatic rings. The van der Waals surface area contributed by atoms with Crippen LogP contribution in [-0.4, -0.2) is 55.5 Å². The average molecular weight is 357 g/mol. The van der Waals surface area contributed by atoms with Gasteiger partial charge in [0, 0.05) is 43.8 Å². The van der Waals surface area contributed by atoms with Gasteiger partial charge in [0.25, 0.3) is 0 Å². The summed E-state index contributed by atoms with van der Waals surface area (Å²) in [4.78, 5) is 29.1. The lowest BCUT2D eigenvalue weighted by Crippen LogP contribution is -2.50. The molecule has 3 heterocycles. The average Bonchev–Trinajstić information content (AvgIpc) is 3.22. The Morgan fingerprint density at radius 1 is 1.19 bits per heavy atom. The summed E-state index contributed by atoms with van der Waals surface area (Å²) >= 11 is 0. The van der Waals surface area contributed by atoms with E-state index >= 15 is 0 Å². The normalized spacial score (nSPS) is 30.5. The fraction of sp³-hybridized carbons (Fsp3) is 0.600. The first-order valence-corrected chi connectivity index (χ1v) is 9.52. The van der Waals surface area contributed by atoms with Crippen molar-refractivity contribution in [3.8, 4) is 5.75 Å². The van der Waals surface area contributed by atoms with Gasteiger partial charge in [0.2, 0.25) is 11.8 Å². The van der Waals surface area contributed by atoms with Gasteiger partial charge in [-0.05, 0) is 49.9 Å². The topological polar surface area (TPSA) is 61.9 Å². The van der Waals surface area contributed by atoms with Gasteiger partial charge in [-0.25, -0.2) is 0 Å². The summed E-state index contributed by atoms with van der Waals surface area (Å²) in [7, 11) is 3.53. The number of amides is 2. The van der Waals surface area contributed by atoms with Gasteiger partial charge in [-0.1, -0.05) is 0 Å². The molecule has 4 rings (SSSR count). The third-order valence-electron chi connectivity index (χ3n) is 6.20. The van der Waals surface area contributed by atoms with Crippen molar-refractivity contribution in [1.29, 1.82) is 0 Å². The summed E-state index contributed by atoms with van der Waals surface area (Å²) in [5.74, 6) is 0.642. The zero-order chi connectivity index (χ0) is 18.3. The molecule has 0 saturated carbocycles. The molecule has 0 radical (unpaired) electrons. The Morgan fingerprint density at radius 3 is 2.46 bits per heavy atom. The molecular weight excluding hydrogens is 330 g/mol. The molecule has 0 aromatic heterocycles. The van der Waals surface area contributed by atoms with Gasteiger partial charge < -0.3 is 19.9 Å². The number of rotatable bonds is 4. The van der Waals surface area contributed by atoms with Crippen LogP contribution in [-0.2, 0) is 9.59 Å². The minimum Gasteiger partial charge on any atom is -0.497 e. The summed E-state index contributed by atoms with van der Waals surface area (Å²) in [6.45, 7) is 0.464. The van der Waals surface area contributed by atoms with Crippen molar-refractivity contribution in [1.82, 2.24) is 10.2 Å². The summed E-state index contributed by atoms with van der Waals surface area (Å²) in [5, 5.41) is 3.62. The van der Waals surface area contributed by atoms with Gasteiger partial charge in [0.05, 0.1) is 13.0 Å². The molecule has 0 spiro atoms. The molecule has 1 aromatic carbocycles. The lowest BCUT2D eigenvalue weighted by atomic mass is 9.97. The number of hydrogen-bond acceptors (Lipinski definition) is 4. The quantitative estimate of drug-likeness (QED) is 0.892. The second-order valence-electron chi connectivity index (χ2n) is 7.82. The number of methoxy groups -OCH3 is 1. The van der Waals surface area contributed by atoms with Crippen LogP contribution in [0.25, 0.3) is 0 Å². The standard InChI is InChI=1S/C20H27N3O3/c1-22(17-10-14-3-4-15(11-17)21-14)20(25)13-9-19(24)23(12-13)16-5-7-18(26-2)8-6-16/h5-8,13-15,17,21H,3-4,9-12H2,1-2H3. The van der Waals surface area contributed by atoms with Gasteiger partial charge in [-0.3, -0.25) is 9.59 Å². The van der Waals surface area contributed by atoms with Crippen molar-refractivity contribution in [2.24, 2.45) is 5.92 Å². The van der Waals surface area contributed by atoms with Gasteiger partial charge in [-0.15, -0.1) is 0 Å². The van der Waals surface area contributed by atoms with Crippen LogP contribution < -0.4 is 15.0 Å². The molecule has 26 heavy (non-hydrogen) atoms. The molecule has 3 saturated heterocycles. The van der Waals surface area contributed by atoms with Crippen LogP contribution in [0.15, 0.2) is 24.3 Å². The Kier molecular flexibility index (Phi) is 4.61. The smallest absolute Gasteiger partial charge is 0.228 e. The minimum absolute atomic E-state index is 0.0206. The van der Waals surface area contributed by atoms with Gasteiger partial charge in [0.1, 0.15) is 5.75 Å². The molecule has 0 aliphatic carbocycles. The Morgan fingerprint density at radius 2 is 1.85 bits per heavy atom. The third-order valence-corrected chi connectivity index (χ3v) is 6.20. The van der Waals surface area contributed by atoms with Crippen LogP contribution in [0, 0.1) is 5.92 Å². The Hall–Kier alpha value is -2.08. The molecule has 3 aliphatic rings. The van der Waals surface area contributed by atoms with E-state index in [1.165, 1.54) is 12.8 Å². The largest absolute Gasteiger partial charge is 0.497 e. The lowest BCUT2D eigenvalue weighted by molar-refractivity contribution is -0.137. The molecule has 3 atom stereocenters. The van der Waals surface area contributed by atoms with E-state index in [4.69, 9.17) is 4.74 Å². The van der Waals surface area contributed by atoms with Gasteiger partial charge in [-0.2, -0.15) is 0 Å². The van der Waals surface area contributed by atoms with E-state index in [0.29, 0.717) is 31.1 Å². The zero-order valence-corrected chi connectivity index (χ0v) is 15.5. The SMILES string of the molecule is COc1ccc(N2CC(C(=O)N(C)C3CC4CCC(C3)N4)CC2=O)cc1. The number of hydrogen-bond donors (Lipinski definition) is 1. The van der Waals surface area contributed by atoms with E-state index in [2.05, 4.69) is 5.32 Å². The van der Waals surface area contributed by atoms with Crippen molar-refractivity contribution in [3.05, 3.63) is 24.3 Å². The molecule has 1 N–H and O–H groups in total. The number of nitrogens with one attached hydrogen (secondary N) is 1. The van der Waals surface area contributed by atoms with E-state index in [9.17, 15) is 9.59 Å². The molecule has 3 unspecified atom stereocenters. The van der Waals surface area contributed by atoms with E-state index in [1.807, 2.05) is 36.2 Å². The summed E-state index contributed by atoms with van der Waals surface area (Å²) in [6.07, 6.45) is 4.79. The number of ether oxygens (including phenoxy) is 1. The minimum atomic E-state index is -0.248. The molecule has 140 valence electrons. The molecule has 6 nitrogen and oxygen atoms in total. The number of benzene rings is 1. The number of anilines is 1. The highest BCUT2D eigenvalue weighted by molar-refractivity contribution is 6.00. The fourth-order valence-electron chi connectivity index (χ4n) is 4.70. The molecule has 2 amide bonds. The van der Waals surface area contributed by atoms with Crippen LogP contribution >= 0.6 is 0 Å². The Balaban J connectivity index is 1.41. The van der Waals surface area contributed by atoms with Crippen molar-refractivity contribution in [3.63, 3.8) is 0 Å². The van der Waals surface area contributed by atoms with Gasteiger partial charge >= 0.3 is 0 Å². The van der Waals surface area contributed by atoms with Crippen molar-refractivity contribution in [2.45, 2.75) is 50.2 Å². The van der Waals surface area contributed by atoms with Crippen molar-refractivity contribution >= 4 is 17.5 Å². The first-order chi connectivity index (χ1) is 12.5. The molecule has 6 heteroatoms. The third kappa shape index (κ3) is 3.18. The van der Waals surface area contributed by atoms with Crippen molar-refractivity contribution < 1.29 is 14.3 Å². The summed E-state index contributed by atoms with van der Waals surface area (Å²) in [6, 6.07) is 8.83. The van der Waals surface area contributed by atoms with E-state index in [-0.39, 0.29) is 17.7 Å². The first-order valence-electron chi connectivity index (χ1n) is 9.52. The molecule has 2 bridgehead atoms. The number of fused-ring (bicyclic) bond motifs is 2. The van der Waals surface area contributed by atoms with E-state index < -0.39 is 0 Å². The van der Waals surface area contributed by atoms with Crippen LogP contribution in [0.2, 0.25) is 0 Å². The number of nitrogens with zero attached hydrogens (tertiary/aromatic N) is 2. The maximum atomic E-state index is 13.0. The summed E-state index contributed by atoms with van der Waals surface area (Å²) < 4.78 is 5.17. The number of piperidine rings is 1. The first kappa shape index (κ1) is 17.3. The maximum Gasteiger partial charge on any atom is 0.228 e. The number of carbonyl (C=O) groups is 2. The van der Waals surface area contributed by atoms with Crippen LogP contribution in [0.3, 0.4) is 0 Å². The van der Waals surface area contributed by atoms with E-state index in [0.717, 1.165) is 24.3 Å². The van der Waals surface area contributed by atoms with Crippen LogP contribution in [0.1, 0.15) is 32.1 Å². The summed E-state index contributed by atoms with van der Waals surface area (Å²) in [5.41, 5.74) is 0.827. The second-order valence-corrected chi connectivity index (χ2v) is 7.82. The highest BCUT2D eigenvalue weighted by Crippen LogP contribution is 2.32. The Bertz CT molecular complexity index is 678. The lowest BCUT2D eigenvalue weighted by Gasteiger charge is -2.36. The zero-order valence-electron chi connectivity index (χ0n) is 15.5. The monoisotopic (exact) mass is 357 g/mol. The molecular formula is C20H27N3O3. The fourth-order valence-corrected chi connectivity index (χ4v) is 4.70. The predicted molar refractivity (Wildman–Crippen MR) is 99.2 cm³/mol.